The Morgan fingerprint density at radius 1 is 0.886 bits per heavy atom. The second-order valence-electron chi connectivity index (χ2n) is 9.05. The van der Waals surface area contributed by atoms with E-state index in [-0.39, 0.29) is 24.5 Å². The summed E-state index contributed by atoms with van der Waals surface area (Å²) in [6.07, 6.45) is 1.03. The number of rotatable bonds is 6. The highest BCUT2D eigenvalue weighted by atomic mass is 16.5. The Labute approximate surface area is 203 Å². The van der Waals surface area contributed by atoms with Gasteiger partial charge in [0.25, 0.3) is 5.91 Å². The molecule has 3 N–H and O–H groups in total. The second kappa shape index (κ2) is 9.62. The number of carbonyl (C=O) groups is 3. The first kappa shape index (κ1) is 22.7. The Bertz CT molecular complexity index is 1240. The van der Waals surface area contributed by atoms with Gasteiger partial charge in [0.2, 0.25) is 0 Å². The van der Waals surface area contributed by atoms with E-state index in [1.54, 1.807) is 24.3 Å². The standard InChI is InChI=1S/C28H26N2O5/c31-26(29-20-13-12-18(15-20)27(32)33)17-6-5-7-19(14-17)30-28(34)35-16-25-23-10-3-1-8-21(23)22-9-2-4-11-24(22)25/h1-11,14,18,20,25H,12-13,15-16H2,(H,29,31)(H,30,34)(H,32,33)/t18-,20+/m1/s1. The van der Waals surface area contributed by atoms with Crippen LogP contribution in [0.4, 0.5) is 10.5 Å². The quantitative estimate of drug-likeness (QED) is 0.469. The summed E-state index contributed by atoms with van der Waals surface area (Å²) in [6, 6.07) is 22.7. The average Bonchev–Trinajstić information content (AvgIpc) is 3.46. The summed E-state index contributed by atoms with van der Waals surface area (Å²) in [5, 5.41) is 14.7. The lowest BCUT2D eigenvalue weighted by Gasteiger charge is -2.15. The first-order valence-electron chi connectivity index (χ1n) is 11.8. The third-order valence-electron chi connectivity index (χ3n) is 6.83. The van der Waals surface area contributed by atoms with Crippen molar-refractivity contribution in [2.75, 3.05) is 11.9 Å². The lowest BCUT2D eigenvalue weighted by molar-refractivity contribution is -0.141. The number of anilines is 1. The molecule has 0 saturated heterocycles. The smallest absolute Gasteiger partial charge is 0.411 e. The number of carbonyl (C=O) groups excluding carboxylic acids is 2. The van der Waals surface area contributed by atoms with E-state index < -0.39 is 18.0 Å². The van der Waals surface area contributed by atoms with Crippen LogP contribution < -0.4 is 10.6 Å². The molecule has 3 aromatic carbocycles. The minimum atomic E-state index is -0.823. The van der Waals surface area contributed by atoms with Crippen LogP contribution >= 0.6 is 0 Å². The van der Waals surface area contributed by atoms with Crippen LogP contribution in [-0.2, 0) is 9.53 Å². The first-order chi connectivity index (χ1) is 17.0. The maximum absolute atomic E-state index is 12.6. The lowest BCUT2D eigenvalue weighted by atomic mass is 9.98. The molecule has 7 heteroatoms. The lowest BCUT2D eigenvalue weighted by Crippen LogP contribution is -2.33. The molecule has 3 aromatic rings. The Morgan fingerprint density at radius 2 is 1.57 bits per heavy atom. The van der Waals surface area contributed by atoms with Crippen LogP contribution in [0.5, 0.6) is 0 Å². The van der Waals surface area contributed by atoms with Crippen LogP contribution in [0.1, 0.15) is 46.7 Å². The van der Waals surface area contributed by atoms with Crippen molar-refractivity contribution in [2.24, 2.45) is 5.92 Å². The summed E-state index contributed by atoms with van der Waals surface area (Å²) < 4.78 is 5.58. The van der Waals surface area contributed by atoms with Crippen molar-refractivity contribution >= 4 is 23.7 Å². The third-order valence-corrected chi connectivity index (χ3v) is 6.83. The molecule has 0 aliphatic heterocycles. The van der Waals surface area contributed by atoms with Gasteiger partial charge in [-0.2, -0.15) is 0 Å². The van der Waals surface area contributed by atoms with Crippen LogP contribution in [0.15, 0.2) is 72.8 Å². The van der Waals surface area contributed by atoms with Crippen molar-refractivity contribution in [3.8, 4) is 11.1 Å². The molecule has 0 spiro atoms. The number of fused-ring (bicyclic) bond motifs is 3. The molecule has 2 amide bonds. The Kier molecular flexibility index (Phi) is 6.23. The largest absolute Gasteiger partial charge is 0.481 e. The molecule has 178 valence electrons. The molecule has 0 aromatic heterocycles. The average molecular weight is 471 g/mol. The van der Waals surface area contributed by atoms with Gasteiger partial charge in [-0.3, -0.25) is 14.9 Å². The SMILES string of the molecule is O=C(Nc1cccc(C(=O)N[C@H]2CC[C@@H](C(=O)O)C2)c1)OCC1c2ccccc2-c2ccccc21. The van der Waals surface area contributed by atoms with E-state index >= 15 is 0 Å². The first-order valence-corrected chi connectivity index (χ1v) is 11.8. The molecule has 0 radical (unpaired) electrons. The molecule has 0 heterocycles. The Hall–Kier alpha value is -4.13. The predicted octanol–water partition coefficient (Wildman–Crippen LogP) is 5.03. The van der Waals surface area contributed by atoms with E-state index in [1.165, 1.54) is 0 Å². The highest BCUT2D eigenvalue weighted by molar-refractivity contribution is 5.96. The van der Waals surface area contributed by atoms with Crippen molar-refractivity contribution in [3.63, 3.8) is 0 Å². The molecule has 1 fully saturated rings. The molecule has 35 heavy (non-hydrogen) atoms. The molecular weight excluding hydrogens is 444 g/mol. The van der Waals surface area contributed by atoms with Gasteiger partial charge in [0, 0.05) is 23.2 Å². The zero-order chi connectivity index (χ0) is 24.4. The fourth-order valence-corrected chi connectivity index (χ4v) is 5.10. The van der Waals surface area contributed by atoms with Crippen LogP contribution in [-0.4, -0.2) is 35.7 Å². The molecule has 1 saturated carbocycles. The number of nitrogens with one attached hydrogen (secondary N) is 2. The van der Waals surface area contributed by atoms with Gasteiger partial charge < -0.3 is 15.2 Å². The number of carboxylic acids is 1. The number of hydrogen-bond acceptors (Lipinski definition) is 4. The van der Waals surface area contributed by atoms with Crippen molar-refractivity contribution < 1.29 is 24.2 Å². The number of hydrogen-bond donors (Lipinski definition) is 3. The molecule has 7 nitrogen and oxygen atoms in total. The maximum atomic E-state index is 12.6. The van der Waals surface area contributed by atoms with Crippen molar-refractivity contribution in [3.05, 3.63) is 89.5 Å². The van der Waals surface area contributed by atoms with E-state index in [0.717, 1.165) is 22.3 Å². The third kappa shape index (κ3) is 4.75. The minimum Gasteiger partial charge on any atom is -0.481 e. The van der Waals surface area contributed by atoms with Crippen molar-refractivity contribution in [1.82, 2.24) is 5.32 Å². The van der Waals surface area contributed by atoms with E-state index in [2.05, 4.69) is 34.9 Å². The molecule has 2 aliphatic rings. The summed E-state index contributed by atoms with van der Waals surface area (Å²) in [7, 11) is 0. The number of amides is 2. The topological polar surface area (TPSA) is 105 Å². The fraction of sp³-hybridized carbons (Fsp3) is 0.250. The Morgan fingerprint density at radius 3 is 2.23 bits per heavy atom. The van der Waals surface area contributed by atoms with Gasteiger partial charge in [-0.25, -0.2) is 4.79 Å². The van der Waals surface area contributed by atoms with E-state index in [1.807, 2.05) is 24.3 Å². The summed E-state index contributed by atoms with van der Waals surface area (Å²) in [4.78, 5) is 36.4. The van der Waals surface area contributed by atoms with E-state index in [4.69, 9.17) is 9.84 Å². The summed E-state index contributed by atoms with van der Waals surface area (Å²) >= 11 is 0. The van der Waals surface area contributed by atoms with Crippen LogP contribution in [0.3, 0.4) is 0 Å². The fourth-order valence-electron chi connectivity index (χ4n) is 5.10. The zero-order valence-corrected chi connectivity index (χ0v) is 19.1. The van der Waals surface area contributed by atoms with Crippen LogP contribution in [0.25, 0.3) is 11.1 Å². The van der Waals surface area contributed by atoms with E-state index in [9.17, 15) is 14.4 Å². The normalized spacial score (nSPS) is 18.4. The van der Waals surface area contributed by atoms with Gasteiger partial charge in [0.15, 0.2) is 0 Å². The summed E-state index contributed by atoms with van der Waals surface area (Å²) in [6.45, 7) is 0.201. The second-order valence-corrected chi connectivity index (χ2v) is 9.05. The zero-order valence-electron chi connectivity index (χ0n) is 19.1. The summed E-state index contributed by atoms with van der Waals surface area (Å²) in [5.74, 6) is -1.57. The van der Waals surface area contributed by atoms with Crippen molar-refractivity contribution in [1.29, 1.82) is 0 Å². The number of ether oxygens (including phenoxy) is 1. The molecule has 5 rings (SSSR count). The molecule has 2 aliphatic carbocycles. The molecular formula is C28H26N2O5. The van der Waals surface area contributed by atoms with Gasteiger partial charge in [0.05, 0.1) is 5.92 Å². The monoisotopic (exact) mass is 470 g/mol. The number of carboxylic acid groups (broad SMARTS) is 1. The van der Waals surface area contributed by atoms with Crippen molar-refractivity contribution in [2.45, 2.75) is 31.2 Å². The van der Waals surface area contributed by atoms with Gasteiger partial charge in [-0.1, -0.05) is 54.6 Å². The summed E-state index contributed by atoms with van der Waals surface area (Å²) in [5.41, 5.74) is 5.43. The minimum absolute atomic E-state index is 0.0358. The predicted molar refractivity (Wildman–Crippen MR) is 131 cm³/mol. The van der Waals surface area contributed by atoms with Gasteiger partial charge in [-0.05, 0) is 59.7 Å². The van der Waals surface area contributed by atoms with Gasteiger partial charge in [-0.15, -0.1) is 0 Å². The number of aliphatic carboxylic acids is 1. The van der Waals surface area contributed by atoms with E-state index in [0.29, 0.717) is 30.5 Å². The van der Waals surface area contributed by atoms with Crippen LogP contribution in [0, 0.1) is 5.92 Å². The molecule has 2 atom stereocenters. The Balaban J connectivity index is 1.19. The molecule has 0 bridgehead atoms. The van der Waals surface area contributed by atoms with Gasteiger partial charge in [0.1, 0.15) is 6.61 Å². The highest BCUT2D eigenvalue weighted by Gasteiger charge is 2.31. The van der Waals surface area contributed by atoms with Crippen LogP contribution in [0.2, 0.25) is 0 Å². The maximum Gasteiger partial charge on any atom is 0.411 e. The highest BCUT2D eigenvalue weighted by Crippen LogP contribution is 2.44. The number of benzene rings is 3. The molecule has 0 unspecified atom stereocenters. The van der Waals surface area contributed by atoms with Gasteiger partial charge >= 0.3 is 12.1 Å².